The zero-order valence-electron chi connectivity index (χ0n) is 11.4. The highest BCUT2D eigenvalue weighted by Crippen LogP contribution is 2.32. The highest BCUT2D eigenvalue weighted by atomic mass is 19.4. The lowest BCUT2D eigenvalue weighted by Crippen LogP contribution is -2.27. The molecule has 2 heterocycles. The molecule has 3 rings (SSSR count). The summed E-state index contributed by atoms with van der Waals surface area (Å²) in [6.07, 6.45) is 0.976. The second-order valence-corrected chi connectivity index (χ2v) is 5.26. The van der Waals surface area contributed by atoms with E-state index in [1.165, 1.54) is 12.1 Å². The van der Waals surface area contributed by atoms with E-state index in [1.54, 1.807) is 23.2 Å². The number of benzene rings is 1. The molecule has 6 heteroatoms. The maximum atomic E-state index is 12.8. The summed E-state index contributed by atoms with van der Waals surface area (Å²) in [5.74, 6) is 0.336. The zero-order chi connectivity index (χ0) is 14.9. The molecule has 0 aliphatic carbocycles. The molecule has 1 aliphatic rings. The summed E-state index contributed by atoms with van der Waals surface area (Å²) in [6, 6.07) is 5.38. The van der Waals surface area contributed by atoms with Crippen molar-refractivity contribution in [2.24, 2.45) is 0 Å². The average Bonchev–Trinajstić information content (AvgIpc) is 2.97. The van der Waals surface area contributed by atoms with E-state index in [-0.39, 0.29) is 0 Å². The van der Waals surface area contributed by atoms with Gasteiger partial charge in [-0.3, -0.25) is 0 Å². The predicted molar refractivity (Wildman–Crippen MR) is 73.4 cm³/mol. The van der Waals surface area contributed by atoms with Crippen LogP contribution in [-0.4, -0.2) is 22.6 Å². The van der Waals surface area contributed by atoms with Crippen LogP contribution in [0.3, 0.4) is 0 Å². The number of hydrogen-bond acceptors (Lipinski definition) is 2. The molecule has 0 radical (unpaired) electrons. The van der Waals surface area contributed by atoms with Gasteiger partial charge in [-0.15, -0.1) is 0 Å². The fraction of sp³-hybridized carbons (Fsp3) is 0.400. The largest absolute Gasteiger partial charge is 0.416 e. The first kappa shape index (κ1) is 14.1. The molecule has 0 atom stereocenters. The van der Waals surface area contributed by atoms with Crippen molar-refractivity contribution in [1.82, 2.24) is 14.9 Å². The van der Waals surface area contributed by atoms with Gasteiger partial charge in [0.2, 0.25) is 0 Å². The highest BCUT2D eigenvalue weighted by molar-refractivity contribution is 5.39. The number of nitrogens with zero attached hydrogens (tertiary/aromatic N) is 2. The van der Waals surface area contributed by atoms with Crippen LogP contribution in [0.5, 0.6) is 0 Å². The maximum absolute atomic E-state index is 12.8. The summed E-state index contributed by atoms with van der Waals surface area (Å²) >= 11 is 0. The van der Waals surface area contributed by atoms with Crippen LogP contribution in [0.4, 0.5) is 13.2 Å². The monoisotopic (exact) mass is 295 g/mol. The quantitative estimate of drug-likeness (QED) is 0.920. The third kappa shape index (κ3) is 2.95. The number of piperidine rings is 1. The van der Waals surface area contributed by atoms with Gasteiger partial charge in [0.25, 0.3) is 0 Å². The molecule has 0 spiro atoms. The number of aromatic nitrogens is 2. The highest BCUT2D eigenvalue weighted by Gasteiger charge is 2.30. The molecule has 1 aromatic carbocycles. The zero-order valence-corrected chi connectivity index (χ0v) is 11.4. The van der Waals surface area contributed by atoms with Crippen molar-refractivity contribution in [2.75, 3.05) is 13.1 Å². The molecule has 1 N–H and O–H groups in total. The first-order chi connectivity index (χ1) is 10.1. The van der Waals surface area contributed by atoms with Crippen molar-refractivity contribution in [3.8, 4) is 5.69 Å². The van der Waals surface area contributed by atoms with E-state index < -0.39 is 11.7 Å². The van der Waals surface area contributed by atoms with Crippen LogP contribution < -0.4 is 5.32 Å². The van der Waals surface area contributed by atoms with Crippen molar-refractivity contribution in [3.63, 3.8) is 0 Å². The number of hydrogen-bond donors (Lipinski definition) is 1. The Bertz CT molecular complexity index is 613. The molecule has 1 saturated heterocycles. The Morgan fingerprint density at radius 3 is 2.67 bits per heavy atom. The van der Waals surface area contributed by atoms with E-state index in [4.69, 9.17) is 0 Å². The minimum Gasteiger partial charge on any atom is -0.317 e. The Kier molecular flexibility index (Phi) is 3.71. The van der Waals surface area contributed by atoms with Gasteiger partial charge in [0, 0.05) is 23.5 Å². The summed E-state index contributed by atoms with van der Waals surface area (Å²) in [4.78, 5) is 4.13. The van der Waals surface area contributed by atoms with Crippen LogP contribution in [-0.2, 0) is 6.18 Å². The molecule has 0 saturated carbocycles. The summed E-state index contributed by atoms with van der Waals surface area (Å²) in [5.41, 5.74) is 0.858. The fourth-order valence-corrected chi connectivity index (χ4v) is 2.77. The Morgan fingerprint density at radius 2 is 1.95 bits per heavy atom. The van der Waals surface area contributed by atoms with Gasteiger partial charge >= 0.3 is 6.18 Å². The van der Waals surface area contributed by atoms with Crippen LogP contribution in [0, 0.1) is 0 Å². The second kappa shape index (κ2) is 5.52. The summed E-state index contributed by atoms with van der Waals surface area (Å²) in [6.45, 7) is 1.86. The Balaban J connectivity index is 1.96. The fourth-order valence-electron chi connectivity index (χ4n) is 2.77. The Morgan fingerprint density at radius 1 is 1.19 bits per heavy atom. The van der Waals surface area contributed by atoms with Gasteiger partial charge in [-0.25, -0.2) is 4.98 Å². The second-order valence-electron chi connectivity index (χ2n) is 5.26. The third-order valence-electron chi connectivity index (χ3n) is 3.88. The van der Waals surface area contributed by atoms with Crippen LogP contribution in [0.2, 0.25) is 0 Å². The van der Waals surface area contributed by atoms with E-state index in [0.29, 0.717) is 11.6 Å². The van der Waals surface area contributed by atoms with Gasteiger partial charge in [0.1, 0.15) is 0 Å². The average molecular weight is 295 g/mol. The molecular formula is C15H16F3N3. The van der Waals surface area contributed by atoms with Gasteiger partial charge in [0.15, 0.2) is 0 Å². The molecule has 0 amide bonds. The number of nitrogens with one attached hydrogen (secondary N) is 1. The normalized spacial score (nSPS) is 17.1. The van der Waals surface area contributed by atoms with Crippen LogP contribution >= 0.6 is 0 Å². The van der Waals surface area contributed by atoms with E-state index in [1.807, 2.05) is 0 Å². The lowest BCUT2D eigenvalue weighted by molar-refractivity contribution is -0.137. The molecule has 1 fully saturated rings. The lowest BCUT2D eigenvalue weighted by atomic mass is 9.95. The first-order valence-electron chi connectivity index (χ1n) is 6.96. The SMILES string of the molecule is FC(F)(F)c1cccc(-n2cncc2C2CCNCC2)c1. The lowest BCUT2D eigenvalue weighted by Gasteiger charge is -2.23. The van der Waals surface area contributed by atoms with Gasteiger partial charge in [0.05, 0.1) is 11.9 Å². The maximum Gasteiger partial charge on any atom is 0.416 e. The van der Waals surface area contributed by atoms with Crippen LogP contribution in [0.15, 0.2) is 36.8 Å². The van der Waals surface area contributed by atoms with Crippen LogP contribution in [0.25, 0.3) is 5.69 Å². The summed E-state index contributed by atoms with van der Waals surface area (Å²) < 4.78 is 40.3. The molecule has 1 aromatic heterocycles. The molecule has 21 heavy (non-hydrogen) atoms. The smallest absolute Gasteiger partial charge is 0.317 e. The van der Waals surface area contributed by atoms with Gasteiger partial charge in [-0.05, 0) is 44.1 Å². The van der Waals surface area contributed by atoms with Gasteiger partial charge in [-0.1, -0.05) is 6.07 Å². The Hall–Kier alpha value is -1.82. The molecule has 3 nitrogen and oxygen atoms in total. The topological polar surface area (TPSA) is 29.9 Å². The Labute approximate surface area is 120 Å². The van der Waals surface area contributed by atoms with Crippen molar-refractivity contribution in [2.45, 2.75) is 24.9 Å². The van der Waals surface area contributed by atoms with E-state index in [9.17, 15) is 13.2 Å². The van der Waals surface area contributed by atoms with E-state index in [2.05, 4.69) is 10.3 Å². The summed E-state index contributed by atoms with van der Waals surface area (Å²) in [5, 5.41) is 3.29. The van der Waals surface area contributed by atoms with Gasteiger partial charge < -0.3 is 9.88 Å². The molecule has 0 unspecified atom stereocenters. The number of halogens is 3. The first-order valence-corrected chi connectivity index (χ1v) is 6.96. The molecule has 112 valence electrons. The number of alkyl halides is 3. The third-order valence-corrected chi connectivity index (χ3v) is 3.88. The van der Waals surface area contributed by atoms with Crippen molar-refractivity contribution in [3.05, 3.63) is 48.0 Å². The number of rotatable bonds is 2. The van der Waals surface area contributed by atoms with Gasteiger partial charge in [-0.2, -0.15) is 13.2 Å². The number of imidazole rings is 1. The van der Waals surface area contributed by atoms with Crippen LogP contribution in [0.1, 0.15) is 30.0 Å². The van der Waals surface area contributed by atoms with Crippen molar-refractivity contribution < 1.29 is 13.2 Å². The standard InChI is InChI=1S/C15H16F3N3/c16-15(17,18)12-2-1-3-13(8-12)21-10-20-9-14(21)11-4-6-19-7-5-11/h1-3,8-11,19H,4-7H2. The predicted octanol–water partition coefficient (Wildman–Crippen LogP) is 3.36. The minimum absolute atomic E-state index is 0.336. The van der Waals surface area contributed by atoms with Crippen molar-refractivity contribution in [1.29, 1.82) is 0 Å². The molecule has 0 bridgehead atoms. The minimum atomic E-state index is -4.33. The van der Waals surface area contributed by atoms with Crippen molar-refractivity contribution >= 4 is 0 Å². The van der Waals surface area contributed by atoms with E-state index in [0.717, 1.165) is 37.7 Å². The molecule has 1 aliphatic heterocycles. The molecule has 2 aromatic rings. The summed E-state index contributed by atoms with van der Waals surface area (Å²) in [7, 11) is 0. The van der Waals surface area contributed by atoms with E-state index >= 15 is 0 Å². The molecular weight excluding hydrogens is 279 g/mol.